The van der Waals surface area contributed by atoms with Crippen LogP contribution in [0.15, 0.2) is 36.4 Å². The van der Waals surface area contributed by atoms with Crippen LogP contribution in [0.1, 0.15) is 23.7 Å². The number of hydrogen-bond acceptors (Lipinski definition) is 5. The maximum atomic E-state index is 12.7. The van der Waals surface area contributed by atoms with Crippen LogP contribution in [0.3, 0.4) is 0 Å². The molecule has 1 saturated heterocycles. The Kier molecular flexibility index (Phi) is 4.30. The summed E-state index contributed by atoms with van der Waals surface area (Å²) in [6, 6.07) is 6.47. The number of hydrogen-bond donors (Lipinski definition) is 1. The number of anilines is 1. The highest BCUT2D eigenvalue weighted by atomic mass is 16.5. The first-order valence-corrected chi connectivity index (χ1v) is 9.10. The lowest BCUT2D eigenvalue weighted by molar-refractivity contribution is -0.143. The predicted octanol–water partition coefficient (Wildman–Crippen LogP) is 1.61. The molecule has 140 valence electrons. The zero-order valence-electron chi connectivity index (χ0n) is 14.9. The first-order chi connectivity index (χ1) is 13.0. The molecule has 4 rings (SSSR count). The normalized spacial score (nSPS) is 27.8. The van der Waals surface area contributed by atoms with Gasteiger partial charge in [-0.05, 0) is 37.3 Å². The summed E-state index contributed by atoms with van der Waals surface area (Å²) >= 11 is 0. The summed E-state index contributed by atoms with van der Waals surface area (Å²) in [5.41, 5.74) is 0.521. The third-order valence-electron chi connectivity index (χ3n) is 5.56. The molecule has 3 aliphatic rings. The highest BCUT2D eigenvalue weighted by molar-refractivity contribution is 6.10. The SMILES string of the molecule is CCOC(=O)c1ccccc1NC(=O)CN1C(=O)[C@H]2[C@H](C1=O)[C@H]1C=C[C@H]2C1. The van der Waals surface area contributed by atoms with E-state index in [1.807, 2.05) is 12.2 Å². The van der Waals surface area contributed by atoms with Crippen LogP contribution in [-0.2, 0) is 19.1 Å². The smallest absolute Gasteiger partial charge is 0.340 e. The molecule has 1 aromatic rings. The second-order valence-electron chi connectivity index (χ2n) is 7.08. The van der Waals surface area contributed by atoms with Crippen LogP contribution in [0.4, 0.5) is 5.69 Å². The number of carbonyl (C=O) groups is 4. The monoisotopic (exact) mass is 368 g/mol. The topological polar surface area (TPSA) is 92.8 Å². The lowest BCUT2D eigenvalue weighted by atomic mass is 9.85. The van der Waals surface area contributed by atoms with Crippen LogP contribution in [-0.4, -0.2) is 41.7 Å². The summed E-state index contributed by atoms with van der Waals surface area (Å²) in [6.45, 7) is 1.57. The number of rotatable bonds is 5. The van der Waals surface area contributed by atoms with Crippen molar-refractivity contribution in [2.75, 3.05) is 18.5 Å². The molecule has 3 amide bonds. The number of amides is 3. The Bertz CT molecular complexity index is 832. The van der Waals surface area contributed by atoms with Gasteiger partial charge in [-0.3, -0.25) is 19.3 Å². The van der Waals surface area contributed by atoms with Crippen LogP contribution < -0.4 is 5.32 Å². The molecule has 7 nitrogen and oxygen atoms in total. The Morgan fingerprint density at radius 3 is 2.37 bits per heavy atom. The standard InChI is InChI=1S/C20H20N2O5/c1-2-27-20(26)13-5-3-4-6-14(13)21-15(23)10-22-18(24)16-11-7-8-12(9-11)17(16)19(22)25/h3-8,11-12,16-17H,2,9-10H2,1H3,(H,21,23)/t11-,12-,16+,17+/m0/s1. The fourth-order valence-corrected chi connectivity index (χ4v) is 4.43. The Morgan fingerprint density at radius 1 is 1.11 bits per heavy atom. The van der Waals surface area contributed by atoms with E-state index in [2.05, 4.69) is 5.32 Å². The number of benzene rings is 1. The minimum atomic E-state index is -0.543. The van der Waals surface area contributed by atoms with E-state index in [9.17, 15) is 19.2 Å². The molecule has 0 spiro atoms. The molecular formula is C20H20N2O5. The van der Waals surface area contributed by atoms with E-state index in [1.54, 1.807) is 31.2 Å². The van der Waals surface area contributed by atoms with E-state index in [4.69, 9.17) is 4.74 Å². The van der Waals surface area contributed by atoms with Crippen LogP contribution in [0.2, 0.25) is 0 Å². The molecule has 2 aliphatic carbocycles. The molecule has 4 atom stereocenters. The molecule has 2 bridgehead atoms. The summed E-state index contributed by atoms with van der Waals surface area (Å²) in [4.78, 5) is 50.8. The maximum absolute atomic E-state index is 12.7. The summed E-state index contributed by atoms with van der Waals surface area (Å²) in [5.74, 6) is -2.04. The minimum Gasteiger partial charge on any atom is -0.462 e. The lowest BCUT2D eigenvalue weighted by Crippen LogP contribution is -2.39. The number of nitrogens with zero attached hydrogens (tertiary/aromatic N) is 1. The van der Waals surface area contributed by atoms with Gasteiger partial charge in [0.1, 0.15) is 6.54 Å². The number of ether oxygens (including phenoxy) is 1. The van der Waals surface area contributed by atoms with Crippen molar-refractivity contribution in [1.82, 2.24) is 4.90 Å². The largest absolute Gasteiger partial charge is 0.462 e. The average Bonchev–Trinajstić information content (AvgIpc) is 3.32. The highest BCUT2D eigenvalue weighted by Crippen LogP contribution is 2.52. The summed E-state index contributed by atoms with van der Waals surface area (Å²) in [7, 11) is 0. The van der Waals surface area contributed by atoms with Crippen molar-refractivity contribution >= 4 is 29.4 Å². The number of esters is 1. The molecule has 1 saturated carbocycles. The van der Waals surface area contributed by atoms with Gasteiger partial charge < -0.3 is 10.1 Å². The molecule has 27 heavy (non-hydrogen) atoms. The maximum Gasteiger partial charge on any atom is 0.340 e. The number of nitrogens with one attached hydrogen (secondary N) is 1. The number of carbonyl (C=O) groups excluding carboxylic acids is 4. The van der Waals surface area contributed by atoms with E-state index in [-0.39, 0.29) is 54.2 Å². The van der Waals surface area contributed by atoms with Crippen LogP contribution >= 0.6 is 0 Å². The Labute approximate surface area is 156 Å². The molecule has 1 aromatic carbocycles. The van der Waals surface area contributed by atoms with E-state index in [1.165, 1.54) is 0 Å². The molecule has 0 unspecified atom stereocenters. The zero-order chi connectivity index (χ0) is 19.1. The van der Waals surface area contributed by atoms with Gasteiger partial charge in [0.2, 0.25) is 17.7 Å². The van der Waals surface area contributed by atoms with Crippen molar-refractivity contribution in [3.8, 4) is 0 Å². The van der Waals surface area contributed by atoms with E-state index >= 15 is 0 Å². The molecule has 7 heteroatoms. The van der Waals surface area contributed by atoms with Crippen molar-refractivity contribution in [3.63, 3.8) is 0 Å². The van der Waals surface area contributed by atoms with E-state index in [0.29, 0.717) is 5.69 Å². The van der Waals surface area contributed by atoms with Gasteiger partial charge in [-0.2, -0.15) is 0 Å². The second-order valence-corrected chi connectivity index (χ2v) is 7.08. The number of likely N-dealkylation sites (tertiary alicyclic amines) is 1. The number of para-hydroxylation sites is 1. The van der Waals surface area contributed by atoms with Crippen molar-refractivity contribution in [2.24, 2.45) is 23.7 Å². The van der Waals surface area contributed by atoms with Crippen LogP contribution in [0, 0.1) is 23.7 Å². The Morgan fingerprint density at radius 2 is 1.74 bits per heavy atom. The van der Waals surface area contributed by atoms with E-state index < -0.39 is 11.9 Å². The fourth-order valence-electron chi connectivity index (χ4n) is 4.43. The summed E-state index contributed by atoms with van der Waals surface area (Å²) in [6.07, 6.45) is 4.87. The third kappa shape index (κ3) is 2.83. The number of allylic oxidation sites excluding steroid dienone is 2. The van der Waals surface area contributed by atoms with Gasteiger partial charge in [-0.15, -0.1) is 0 Å². The Balaban J connectivity index is 1.46. The number of imide groups is 1. The predicted molar refractivity (Wildman–Crippen MR) is 95.5 cm³/mol. The first kappa shape index (κ1) is 17.5. The van der Waals surface area contributed by atoms with Gasteiger partial charge in [0.05, 0.1) is 29.7 Å². The lowest BCUT2D eigenvalue weighted by Gasteiger charge is -2.17. The molecule has 0 radical (unpaired) electrons. The zero-order valence-corrected chi connectivity index (χ0v) is 14.9. The third-order valence-corrected chi connectivity index (χ3v) is 5.56. The quantitative estimate of drug-likeness (QED) is 0.484. The second kappa shape index (κ2) is 6.64. The average molecular weight is 368 g/mol. The minimum absolute atomic E-state index is 0.106. The summed E-state index contributed by atoms with van der Waals surface area (Å²) < 4.78 is 4.98. The van der Waals surface area contributed by atoms with Crippen LogP contribution in [0.25, 0.3) is 0 Å². The van der Waals surface area contributed by atoms with Gasteiger partial charge in [-0.25, -0.2) is 4.79 Å². The first-order valence-electron chi connectivity index (χ1n) is 9.10. The molecule has 1 N–H and O–H groups in total. The fraction of sp³-hybridized carbons (Fsp3) is 0.400. The molecule has 0 aromatic heterocycles. The van der Waals surface area contributed by atoms with Gasteiger partial charge in [0, 0.05) is 0 Å². The molecule has 1 heterocycles. The van der Waals surface area contributed by atoms with E-state index in [0.717, 1.165) is 11.3 Å². The summed E-state index contributed by atoms with van der Waals surface area (Å²) in [5, 5.41) is 2.62. The van der Waals surface area contributed by atoms with Gasteiger partial charge in [0.15, 0.2) is 0 Å². The molecule has 2 fully saturated rings. The number of fused-ring (bicyclic) bond motifs is 5. The Hall–Kier alpha value is -2.96. The van der Waals surface area contributed by atoms with Gasteiger partial charge in [0.25, 0.3) is 0 Å². The van der Waals surface area contributed by atoms with Gasteiger partial charge in [-0.1, -0.05) is 24.3 Å². The molecule has 1 aliphatic heterocycles. The van der Waals surface area contributed by atoms with Crippen molar-refractivity contribution in [1.29, 1.82) is 0 Å². The highest BCUT2D eigenvalue weighted by Gasteiger charge is 2.59. The van der Waals surface area contributed by atoms with Crippen LogP contribution in [0.5, 0.6) is 0 Å². The molecular weight excluding hydrogens is 348 g/mol. The van der Waals surface area contributed by atoms with Crippen molar-refractivity contribution in [3.05, 3.63) is 42.0 Å². The van der Waals surface area contributed by atoms with Gasteiger partial charge >= 0.3 is 5.97 Å². The van der Waals surface area contributed by atoms with Crippen molar-refractivity contribution in [2.45, 2.75) is 13.3 Å². The van der Waals surface area contributed by atoms with Crippen molar-refractivity contribution < 1.29 is 23.9 Å².